The van der Waals surface area contributed by atoms with Crippen LogP contribution < -0.4 is 5.32 Å². The van der Waals surface area contributed by atoms with Crippen molar-refractivity contribution in [3.05, 3.63) is 34.8 Å². The first-order valence-electron chi connectivity index (χ1n) is 7.05. The van der Waals surface area contributed by atoms with Crippen LogP contribution in [0.25, 0.3) is 11.5 Å². The van der Waals surface area contributed by atoms with Gasteiger partial charge in [0.15, 0.2) is 0 Å². The van der Waals surface area contributed by atoms with Crippen LogP contribution >= 0.6 is 23.1 Å². The van der Waals surface area contributed by atoms with Crippen molar-refractivity contribution in [3.63, 3.8) is 0 Å². The molecule has 0 saturated carbocycles. The number of carbonyl (C=O) groups excluding carboxylic acids is 1. The molecule has 1 amide bonds. The summed E-state index contributed by atoms with van der Waals surface area (Å²) in [6.07, 6.45) is -4.59. The van der Waals surface area contributed by atoms with Crippen molar-refractivity contribution in [3.8, 4) is 11.5 Å². The maximum atomic E-state index is 12.4. The highest BCUT2D eigenvalue weighted by Crippen LogP contribution is 2.33. The van der Waals surface area contributed by atoms with Gasteiger partial charge in [-0.3, -0.25) is 10.1 Å². The molecule has 0 saturated heterocycles. The van der Waals surface area contributed by atoms with Crippen molar-refractivity contribution in [2.75, 3.05) is 11.1 Å². The normalized spacial score (nSPS) is 11.5. The second kappa shape index (κ2) is 7.41. The maximum absolute atomic E-state index is 12.4. The van der Waals surface area contributed by atoms with Gasteiger partial charge in [0.1, 0.15) is 0 Å². The molecule has 1 N–H and O–H groups in total. The van der Waals surface area contributed by atoms with Crippen molar-refractivity contribution >= 4 is 34.1 Å². The molecule has 7 nitrogen and oxygen atoms in total. The zero-order valence-corrected chi connectivity index (χ0v) is 14.7. The predicted octanol–water partition coefficient (Wildman–Crippen LogP) is 3.65. The number of thioether (sulfide) groups is 1. The van der Waals surface area contributed by atoms with E-state index < -0.39 is 17.1 Å². The Morgan fingerprint density at radius 2 is 1.92 bits per heavy atom. The number of aryl methyl sites for hydroxylation is 1. The lowest BCUT2D eigenvalue weighted by Crippen LogP contribution is -2.13. The third-order valence-corrected chi connectivity index (χ3v) is 4.65. The quantitative estimate of drug-likeness (QED) is 0.652. The van der Waals surface area contributed by atoms with Gasteiger partial charge in [-0.05, 0) is 19.1 Å². The Hall–Kier alpha value is -2.47. The Labute approximate surface area is 153 Å². The molecule has 2 heterocycles. The maximum Gasteiger partial charge on any atom is 0.445 e. The van der Waals surface area contributed by atoms with Gasteiger partial charge in [0.05, 0.1) is 5.75 Å². The molecular formula is C14H10F3N5O2S2. The average molecular weight is 401 g/mol. The Morgan fingerprint density at radius 1 is 1.19 bits per heavy atom. The van der Waals surface area contributed by atoms with Crippen LogP contribution in [0.3, 0.4) is 0 Å². The number of amides is 1. The number of rotatable bonds is 5. The lowest BCUT2D eigenvalue weighted by molar-refractivity contribution is -0.138. The van der Waals surface area contributed by atoms with Crippen LogP contribution in [0, 0.1) is 6.92 Å². The van der Waals surface area contributed by atoms with E-state index in [4.69, 9.17) is 4.42 Å². The average Bonchev–Trinajstić information content (AvgIpc) is 3.22. The van der Waals surface area contributed by atoms with Crippen molar-refractivity contribution in [2.45, 2.75) is 18.3 Å². The first kappa shape index (κ1) is 18.3. The van der Waals surface area contributed by atoms with Crippen LogP contribution in [0.4, 0.5) is 18.3 Å². The molecule has 0 atom stereocenters. The summed E-state index contributed by atoms with van der Waals surface area (Å²) in [6.45, 7) is 1.95. The molecule has 0 radical (unpaired) electrons. The molecule has 136 valence electrons. The molecule has 0 bridgehead atoms. The standard InChI is InChI=1S/C14H10F3N5O2S2/c1-7-2-4-8(5-3-7)10-19-22-13(24-10)25-6-9(23)18-12-21-20-11(26-12)14(15,16)17/h2-5H,6H2,1H3,(H,18,21,23). The van der Waals surface area contributed by atoms with Crippen molar-refractivity contribution in [2.24, 2.45) is 0 Å². The number of hydrogen-bond donors (Lipinski definition) is 1. The van der Waals surface area contributed by atoms with E-state index in [-0.39, 0.29) is 27.4 Å². The van der Waals surface area contributed by atoms with Gasteiger partial charge in [-0.1, -0.05) is 40.8 Å². The Kier molecular flexibility index (Phi) is 5.23. The second-order valence-electron chi connectivity index (χ2n) is 4.99. The van der Waals surface area contributed by atoms with E-state index in [2.05, 4.69) is 25.7 Å². The minimum atomic E-state index is -4.59. The van der Waals surface area contributed by atoms with Crippen molar-refractivity contribution in [1.82, 2.24) is 20.4 Å². The van der Waals surface area contributed by atoms with Gasteiger partial charge in [-0.15, -0.1) is 20.4 Å². The summed E-state index contributed by atoms with van der Waals surface area (Å²) < 4.78 is 42.8. The molecule has 26 heavy (non-hydrogen) atoms. The molecule has 0 spiro atoms. The first-order valence-corrected chi connectivity index (χ1v) is 8.85. The zero-order chi connectivity index (χ0) is 18.7. The van der Waals surface area contributed by atoms with Gasteiger partial charge in [0, 0.05) is 5.56 Å². The van der Waals surface area contributed by atoms with Crippen LogP contribution in [-0.4, -0.2) is 32.1 Å². The zero-order valence-electron chi connectivity index (χ0n) is 13.1. The summed E-state index contributed by atoms with van der Waals surface area (Å²) in [4.78, 5) is 11.8. The fourth-order valence-corrected chi connectivity index (χ4v) is 2.94. The molecule has 0 aliphatic carbocycles. The number of hydrogen-bond acceptors (Lipinski definition) is 8. The highest BCUT2D eigenvalue weighted by Gasteiger charge is 2.35. The molecule has 2 aromatic heterocycles. The van der Waals surface area contributed by atoms with Crippen LogP contribution in [0.2, 0.25) is 0 Å². The van der Waals surface area contributed by atoms with Crippen LogP contribution in [0.5, 0.6) is 0 Å². The van der Waals surface area contributed by atoms with Gasteiger partial charge in [0.25, 0.3) is 5.22 Å². The van der Waals surface area contributed by atoms with Gasteiger partial charge in [-0.25, -0.2) is 0 Å². The smallest absolute Gasteiger partial charge is 0.411 e. The van der Waals surface area contributed by atoms with Gasteiger partial charge >= 0.3 is 6.18 Å². The number of aromatic nitrogens is 4. The Bertz CT molecular complexity index is 908. The number of anilines is 1. The lowest BCUT2D eigenvalue weighted by Gasteiger charge is -1.99. The molecule has 1 aromatic carbocycles. The van der Waals surface area contributed by atoms with Crippen molar-refractivity contribution in [1.29, 1.82) is 0 Å². The van der Waals surface area contributed by atoms with E-state index in [9.17, 15) is 18.0 Å². The molecule has 0 fully saturated rings. The third-order valence-electron chi connectivity index (χ3n) is 2.95. The fraction of sp³-hybridized carbons (Fsp3) is 0.214. The number of alkyl halides is 3. The van der Waals surface area contributed by atoms with Crippen LogP contribution in [0.15, 0.2) is 33.9 Å². The van der Waals surface area contributed by atoms with E-state index >= 15 is 0 Å². The minimum absolute atomic E-state index is 0.129. The van der Waals surface area contributed by atoms with E-state index in [1.54, 1.807) is 0 Å². The van der Waals surface area contributed by atoms with E-state index in [1.165, 1.54) is 0 Å². The minimum Gasteiger partial charge on any atom is -0.411 e. The summed E-state index contributed by atoms with van der Waals surface area (Å²) in [6, 6.07) is 7.46. The number of halogens is 3. The largest absolute Gasteiger partial charge is 0.445 e. The topological polar surface area (TPSA) is 93.8 Å². The van der Waals surface area contributed by atoms with Crippen molar-refractivity contribution < 1.29 is 22.4 Å². The number of nitrogens with one attached hydrogen (secondary N) is 1. The number of nitrogens with zero attached hydrogens (tertiary/aromatic N) is 4. The fourth-order valence-electron chi connectivity index (χ4n) is 1.75. The third kappa shape index (κ3) is 4.58. The van der Waals surface area contributed by atoms with E-state index in [0.717, 1.165) is 22.9 Å². The van der Waals surface area contributed by atoms with E-state index in [0.29, 0.717) is 5.89 Å². The van der Waals surface area contributed by atoms with Gasteiger partial charge in [-0.2, -0.15) is 13.2 Å². The SMILES string of the molecule is Cc1ccc(-c2nnc(SCC(=O)Nc3nnc(C(F)(F)F)s3)o2)cc1. The highest BCUT2D eigenvalue weighted by molar-refractivity contribution is 7.99. The molecule has 12 heteroatoms. The van der Waals surface area contributed by atoms with E-state index in [1.807, 2.05) is 31.2 Å². The molecule has 0 aliphatic rings. The summed E-state index contributed by atoms with van der Waals surface area (Å²) in [5.41, 5.74) is 1.83. The van der Waals surface area contributed by atoms with Gasteiger partial charge < -0.3 is 4.42 Å². The second-order valence-corrected chi connectivity index (χ2v) is 6.89. The lowest BCUT2D eigenvalue weighted by atomic mass is 10.1. The molecule has 0 unspecified atom stereocenters. The Morgan fingerprint density at radius 3 is 2.58 bits per heavy atom. The Balaban J connectivity index is 1.55. The summed E-state index contributed by atoms with van der Waals surface area (Å²) in [5, 5.41) is 15.0. The van der Waals surface area contributed by atoms with Crippen LogP contribution in [-0.2, 0) is 11.0 Å². The summed E-state index contributed by atoms with van der Waals surface area (Å²) >= 11 is 1.21. The molecule has 0 aliphatic heterocycles. The number of carbonyl (C=O) groups is 1. The molecule has 3 aromatic rings. The van der Waals surface area contributed by atoms with Gasteiger partial charge in [0.2, 0.25) is 21.9 Å². The molecule has 3 rings (SSSR count). The highest BCUT2D eigenvalue weighted by atomic mass is 32.2. The van der Waals surface area contributed by atoms with Crippen LogP contribution in [0.1, 0.15) is 10.6 Å². The monoisotopic (exact) mass is 401 g/mol. The summed E-state index contributed by atoms with van der Waals surface area (Å²) in [5.74, 6) is -0.377. The summed E-state index contributed by atoms with van der Waals surface area (Å²) in [7, 11) is 0. The first-order chi connectivity index (χ1) is 12.3. The number of benzene rings is 1. The molecular weight excluding hydrogens is 391 g/mol. The predicted molar refractivity (Wildman–Crippen MR) is 88.7 cm³/mol.